The van der Waals surface area contributed by atoms with Crippen LogP contribution in [0.1, 0.15) is 5.56 Å². The summed E-state index contributed by atoms with van der Waals surface area (Å²) in [5.41, 5.74) is 0.739. The van der Waals surface area contributed by atoms with E-state index in [1.165, 1.54) is 11.8 Å². The number of rotatable bonds is 7. The summed E-state index contributed by atoms with van der Waals surface area (Å²) >= 11 is 1.31. The van der Waals surface area contributed by atoms with Crippen molar-refractivity contribution in [3.63, 3.8) is 0 Å². The van der Waals surface area contributed by atoms with Crippen molar-refractivity contribution in [1.82, 2.24) is 4.90 Å². The summed E-state index contributed by atoms with van der Waals surface area (Å²) in [7, 11) is 1.58. The van der Waals surface area contributed by atoms with Crippen molar-refractivity contribution in [3.8, 4) is 17.2 Å². The third-order valence-electron chi connectivity index (χ3n) is 3.43. The second-order valence-corrected chi connectivity index (χ2v) is 8.05. The Bertz CT molecular complexity index is 834. The number of thioether (sulfide) groups is 1. The maximum atomic E-state index is 11.9. The molecule has 0 saturated carbocycles. The molecule has 0 atom stereocenters. The van der Waals surface area contributed by atoms with E-state index in [4.69, 9.17) is 14.6 Å². The van der Waals surface area contributed by atoms with Crippen LogP contribution in [0.15, 0.2) is 46.2 Å². The van der Waals surface area contributed by atoms with Gasteiger partial charge in [0.2, 0.25) is 10.0 Å². The molecule has 0 amide bonds. The fourth-order valence-electron chi connectivity index (χ4n) is 2.30. The van der Waals surface area contributed by atoms with Gasteiger partial charge in [-0.05, 0) is 56.7 Å². The molecule has 2 N–H and O–H groups in total. The molecule has 2 aromatic rings. The van der Waals surface area contributed by atoms with Crippen LogP contribution in [0.3, 0.4) is 0 Å². The van der Waals surface area contributed by atoms with Gasteiger partial charge in [-0.3, -0.25) is 0 Å². The molecule has 0 spiro atoms. The fourth-order valence-corrected chi connectivity index (χ4v) is 4.02. The molecule has 0 fully saturated rings. The summed E-state index contributed by atoms with van der Waals surface area (Å²) in [6.45, 7) is 0.517. The van der Waals surface area contributed by atoms with Crippen LogP contribution in [0, 0.1) is 0 Å². The van der Waals surface area contributed by atoms with Gasteiger partial charge in [-0.15, -0.1) is 11.8 Å². The molecule has 0 aliphatic heterocycles. The zero-order valence-corrected chi connectivity index (χ0v) is 16.3. The highest BCUT2D eigenvalue weighted by Gasteiger charge is 2.19. The van der Waals surface area contributed by atoms with Crippen molar-refractivity contribution < 1.29 is 17.9 Å². The molecule has 2 aromatic carbocycles. The zero-order valence-electron chi connectivity index (χ0n) is 14.6. The van der Waals surface area contributed by atoms with Gasteiger partial charge in [0.15, 0.2) is 0 Å². The molecule has 0 aliphatic rings. The lowest BCUT2D eigenvalue weighted by Gasteiger charge is -2.18. The first kappa shape index (κ1) is 19.6. The van der Waals surface area contributed by atoms with Crippen LogP contribution in [-0.4, -0.2) is 40.8 Å². The number of hydrogen-bond acceptors (Lipinski definition) is 6. The van der Waals surface area contributed by atoms with E-state index >= 15 is 0 Å². The second-order valence-electron chi connectivity index (χ2n) is 5.67. The van der Waals surface area contributed by atoms with E-state index in [1.807, 2.05) is 19.0 Å². The van der Waals surface area contributed by atoms with E-state index in [1.54, 1.807) is 49.8 Å². The van der Waals surface area contributed by atoms with Gasteiger partial charge in [-0.25, -0.2) is 13.6 Å². The Kier molecular flexibility index (Phi) is 6.34. The highest BCUT2D eigenvalue weighted by molar-refractivity contribution is 7.99. The first-order chi connectivity index (χ1) is 11.7. The van der Waals surface area contributed by atoms with E-state index in [-0.39, 0.29) is 4.90 Å². The van der Waals surface area contributed by atoms with Crippen molar-refractivity contribution in [2.45, 2.75) is 16.3 Å². The number of primary sulfonamides is 1. The van der Waals surface area contributed by atoms with Crippen molar-refractivity contribution in [1.29, 1.82) is 0 Å². The second kappa shape index (κ2) is 8.09. The molecule has 0 saturated heterocycles. The number of ether oxygens (including phenoxy) is 2. The number of benzene rings is 2. The number of sulfonamides is 1. The molecule has 0 aromatic heterocycles. The third-order valence-corrected chi connectivity index (χ3v) is 5.28. The maximum absolute atomic E-state index is 11.9. The average Bonchev–Trinajstić information content (AvgIpc) is 2.55. The minimum atomic E-state index is -3.81. The highest BCUT2D eigenvalue weighted by atomic mass is 32.2. The number of nitrogens with two attached hydrogens (primary N) is 1. The molecule has 2 rings (SSSR count). The SMILES string of the molecule is COc1ccc(Oc2cc(SC)c(S(N)(=O)=O)cc2CN(C)C)cc1. The molecule has 136 valence electrons. The first-order valence-corrected chi connectivity index (χ1v) is 10.2. The van der Waals surface area contributed by atoms with Gasteiger partial charge in [-0.1, -0.05) is 0 Å². The lowest BCUT2D eigenvalue weighted by molar-refractivity contribution is 0.386. The standard InChI is InChI=1S/C17H22N2O4S2/c1-19(2)11-12-9-17(25(18,20)21)16(24-4)10-15(12)23-14-7-5-13(22-3)6-8-14/h5-10H,11H2,1-4H3,(H2,18,20,21). The largest absolute Gasteiger partial charge is 0.497 e. The Hall–Kier alpha value is -1.74. The Morgan fingerprint density at radius 1 is 1.12 bits per heavy atom. The number of methoxy groups -OCH3 is 1. The Balaban J connectivity index is 2.49. The van der Waals surface area contributed by atoms with Crippen LogP contribution in [0.25, 0.3) is 0 Å². The van der Waals surface area contributed by atoms with Crippen LogP contribution in [0.5, 0.6) is 17.2 Å². The van der Waals surface area contributed by atoms with E-state index in [0.717, 1.165) is 11.3 Å². The number of nitrogens with zero attached hydrogens (tertiary/aromatic N) is 1. The topological polar surface area (TPSA) is 81.9 Å². The Labute approximate surface area is 153 Å². The van der Waals surface area contributed by atoms with Crippen LogP contribution in [-0.2, 0) is 16.6 Å². The van der Waals surface area contributed by atoms with Gasteiger partial charge >= 0.3 is 0 Å². The van der Waals surface area contributed by atoms with Crippen LogP contribution in [0.4, 0.5) is 0 Å². The molecule has 0 bridgehead atoms. The van der Waals surface area contributed by atoms with Gasteiger partial charge in [0.1, 0.15) is 17.2 Å². The fraction of sp³-hybridized carbons (Fsp3) is 0.294. The van der Waals surface area contributed by atoms with E-state index in [2.05, 4.69) is 0 Å². The van der Waals surface area contributed by atoms with E-state index < -0.39 is 10.0 Å². The minimum absolute atomic E-state index is 0.110. The van der Waals surface area contributed by atoms with Crippen molar-refractivity contribution >= 4 is 21.8 Å². The molecule has 0 radical (unpaired) electrons. The minimum Gasteiger partial charge on any atom is -0.497 e. The first-order valence-electron chi connectivity index (χ1n) is 7.45. The van der Waals surface area contributed by atoms with Gasteiger partial charge < -0.3 is 14.4 Å². The van der Waals surface area contributed by atoms with Crippen molar-refractivity contribution in [2.75, 3.05) is 27.5 Å². The van der Waals surface area contributed by atoms with Crippen LogP contribution in [0.2, 0.25) is 0 Å². The van der Waals surface area contributed by atoms with Crippen LogP contribution < -0.4 is 14.6 Å². The average molecular weight is 383 g/mol. The van der Waals surface area contributed by atoms with Gasteiger partial charge in [0.25, 0.3) is 0 Å². The van der Waals surface area contributed by atoms with E-state index in [0.29, 0.717) is 22.9 Å². The lowest BCUT2D eigenvalue weighted by atomic mass is 10.2. The summed E-state index contributed by atoms with van der Waals surface area (Å²) in [6, 6.07) is 10.5. The molecule has 0 unspecified atom stereocenters. The summed E-state index contributed by atoms with van der Waals surface area (Å²) in [5.74, 6) is 1.96. The van der Waals surface area contributed by atoms with Gasteiger partial charge in [0, 0.05) is 17.0 Å². The van der Waals surface area contributed by atoms with Gasteiger partial charge in [-0.2, -0.15) is 0 Å². The highest BCUT2D eigenvalue weighted by Crippen LogP contribution is 2.35. The predicted molar refractivity (Wildman–Crippen MR) is 100 cm³/mol. The van der Waals surface area contributed by atoms with Gasteiger partial charge in [0.05, 0.1) is 12.0 Å². The molecule has 0 aliphatic carbocycles. The van der Waals surface area contributed by atoms with E-state index in [9.17, 15) is 8.42 Å². The summed E-state index contributed by atoms with van der Waals surface area (Å²) in [5, 5.41) is 5.36. The summed E-state index contributed by atoms with van der Waals surface area (Å²) < 4.78 is 34.9. The third kappa shape index (κ3) is 5.12. The van der Waals surface area contributed by atoms with Crippen molar-refractivity contribution in [2.24, 2.45) is 5.14 Å². The predicted octanol–water partition coefficient (Wildman–Crippen LogP) is 2.92. The lowest BCUT2D eigenvalue weighted by Crippen LogP contribution is -2.16. The molecule has 0 heterocycles. The molecule has 6 nitrogen and oxygen atoms in total. The zero-order chi connectivity index (χ0) is 18.6. The Morgan fingerprint density at radius 2 is 1.72 bits per heavy atom. The molecule has 25 heavy (non-hydrogen) atoms. The summed E-state index contributed by atoms with van der Waals surface area (Å²) in [4.78, 5) is 2.59. The quantitative estimate of drug-likeness (QED) is 0.742. The van der Waals surface area contributed by atoms with Crippen LogP contribution >= 0.6 is 11.8 Å². The number of hydrogen-bond donors (Lipinski definition) is 1. The molecule has 8 heteroatoms. The maximum Gasteiger partial charge on any atom is 0.239 e. The van der Waals surface area contributed by atoms with Crippen molar-refractivity contribution in [3.05, 3.63) is 42.0 Å². The normalized spacial score (nSPS) is 11.6. The molecular formula is C17H22N2O4S2. The monoisotopic (exact) mass is 382 g/mol. The summed E-state index contributed by atoms with van der Waals surface area (Å²) in [6.07, 6.45) is 1.80. The Morgan fingerprint density at radius 3 is 2.20 bits per heavy atom. The smallest absolute Gasteiger partial charge is 0.239 e. The molecular weight excluding hydrogens is 360 g/mol.